The molecule has 0 spiro atoms. The second-order valence-corrected chi connectivity index (χ2v) is 7.29. The van der Waals surface area contributed by atoms with Crippen molar-refractivity contribution in [3.63, 3.8) is 0 Å². The number of hydrogen-bond acceptors (Lipinski definition) is 3. The summed E-state index contributed by atoms with van der Waals surface area (Å²) in [5, 5.41) is 4.14. The van der Waals surface area contributed by atoms with E-state index < -0.39 is 0 Å². The highest BCUT2D eigenvalue weighted by molar-refractivity contribution is 7.99. The number of amides is 1. The van der Waals surface area contributed by atoms with E-state index in [0.29, 0.717) is 5.91 Å². The zero-order valence-electron chi connectivity index (χ0n) is 12.1. The van der Waals surface area contributed by atoms with Gasteiger partial charge in [-0.1, -0.05) is 29.8 Å². The minimum atomic E-state index is 0.0644. The molecule has 1 aromatic rings. The summed E-state index contributed by atoms with van der Waals surface area (Å²) >= 11 is 8.30. The summed E-state index contributed by atoms with van der Waals surface area (Å²) in [6.45, 7) is 2.43. The van der Waals surface area contributed by atoms with Gasteiger partial charge in [-0.2, -0.15) is 11.8 Å². The van der Waals surface area contributed by atoms with Crippen LogP contribution in [0.3, 0.4) is 0 Å². The van der Waals surface area contributed by atoms with Crippen LogP contribution in [0, 0.1) is 5.92 Å². The first kappa shape index (κ1) is 15.2. The lowest BCUT2D eigenvalue weighted by Gasteiger charge is -2.39. The minimum Gasteiger partial charge on any atom is -0.333 e. The van der Waals surface area contributed by atoms with Crippen molar-refractivity contribution >= 4 is 29.3 Å². The summed E-state index contributed by atoms with van der Waals surface area (Å²) < 4.78 is 0. The Bertz CT molecular complexity index is 505. The number of thioether (sulfide) groups is 1. The van der Waals surface area contributed by atoms with E-state index in [4.69, 9.17) is 11.6 Å². The lowest BCUT2D eigenvalue weighted by Crippen LogP contribution is -2.51. The van der Waals surface area contributed by atoms with E-state index in [-0.39, 0.29) is 12.0 Å². The number of hydrogen-bond donors (Lipinski definition) is 1. The molecule has 21 heavy (non-hydrogen) atoms. The van der Waals surface area contributed by atoms with Crippen LogP contribution in [0.5, 0.6) is 0 Å². The number of benzene rings is 1. The van der Waals surface area contributed by atoms with Gasteiger partial charge in [0.05, 0.1) is 6.04 Å². The molecule has 0 aromatic heterocycles. The molecule has 2 aliphatic heterocycles. The number of halogens is 1. The predicted octanol–water partition coefficient (Wildman–Crippen LogP) is 2.96. The van der Waals surface area contributed by atoms with Crippen molar-refractivity contribution in [2.24, 2.45) is 5.92 Å². The lowest BCUT2D eigenvalue weighted by atomic mass is 9.97. The first-order valence-electron chi connectivity index (χ1n) is 7.61. The zero-order valence-corrected chi connectivity index (χ0v) is 13.6. The fourth-order valence-electron chi connectivity index (χ4n) is 3.17. The molecule has 2 fully saturated rings. The molecule has 0 bridgehead atoms. The molecule has 1 N–H and O–H groups in total. The van der Waals surface area contributed by atoms with Crippen LogP contribution in [0.1, 0.15) is 24.4 Å². The zero-order chi connectivity index (χ0) is 14.7. The Labute approximate surface area is 135 Å². The molecule has 3 rings (SSSR count). The lowest BCUT2D eigenvalue weighted by molar-refractivity contribution is -0.139. The molecule has 114 valence electrons. The van der Waals surface area contributed by atoms with Crippen molar-refractivity contribution in [3.05, 3.63) is 34.9 Å². The number of rotatable bonds is 2. The largest absolute Gasteiger partial charge is 0.333 e. The summed E-state index contributed by atoms with van der Waals surface area (Å²) in [7, 11) is 0. The number of nitrogens with one attached hydrogen (secondary N) is 1. The van der Waals surface area contributed by atoms with Gasteiger partial charge in [-0.25, -0.2) is 0 Å². The van der Waals surface area contributed by atoms with Crippen LogP contribution in [-0.4, -0.2) is 41.9 Å². The third kappa shape index (κ3) is 3.38. The van der Waals surface area contributed by atoms with Gasteiger partial charge in [-0.15, -0.1) is 0 Å². The quantitative estimate of drug-likeness (QED) is 0.907. The van der Waals surface area contributed by atoms with Crippen LogP contribution < -0.4 is 5.32 Å². The summed E-state index contributed by atoms with van der Waals surface area (Å²) in [4.78, 5) is 14.9. The molecule has 0 radical (unpaired) electrons. The maximum atomic E-state index is 12.9. The van der Waals surface area contributed by atoms with Gasteiger partial charge in [0.2, 0.25) is 5.91 Å². The monoisotopic (exact) mass is 324 g/mol. The Kier molecular flexibility index (Phi) is 5.09. The molecule has 2 aliphatic rings. The van der Waals surface area contributed by atoms with Crippen molar-refractivity contribution in [1.29, 1.82) is 0 Å². The fraction of sp³-hybridized carbons (Fsp3) is 0.562. The third-order valence-corrected chi connectivity index (χ3v) is 5.75. The van der Waals surface area contributed by atoms with Crippen LogP contribution in [0.25, 0.3) is 0 Å². The molecule has 2 heterocycles. The van der Waals surface area contributed by atoms with E-state index in [1.807, 2.05) is 36.0 Å². The van der Waals surface area contributed by atoms with E-state index in [0.717, 1.165) is 54.6 Å². The van der Waals surface area contributed by atoms with Gasteiger partial charge in [0, 0.05) is 30.6 Å². The highest BCUT2D eigenvalue weighted by Gasteiger charge is 2.33. The molecule has 1 unspecified atom stereocenters. The van der Waals surface area contributed by atoms with E-state index >= 15 is 0 Å². The SMILES string of the molecule is O=C(C1CCSCC1)N1CCNCC1c1ccccc1Cl. The molecule has 0 aliphatic carbocycles. The first-order valence-corrected chi connectivity index (χ1v) is 9.14. The summed E-state index contributed by atoms with van der Waals surface area (Å²) in [6.07, 6.45) is 2.03. The molecule has 1 atom stereocenters. The van der Waals surface area contributed by atoms with Crippen molar-refractivity contribution < 1.29 is 4.79 Å². The smallest absolute Gasteiger partial charge is 0.226 e. The second kappa shape index (κ2) is 7.03. The minimum absolute atomic E-state index is 0.0644. The number of carbonyl (C=O) groups is 1. The van der Waals surface area contributed by atoms with E-state index in [9.17, 15) is 4.79 Å². The van der Waals surface area contributed by atoms with Gasteiger partial charge in [0.1, 0.15) is 0 Å². The molecule has 1 amide bonds. The van der Waals surface area contributed by atoms with Crippen LogP contribution in [0.4, 0.5) is 0 Å². The predicted molar refractivity (Wildman–Crippen MR) is 88.8 cm³/mol. The van der Waals surface area contributed by atoms with Gasteiger partial charge < -0.3 is 10.2 Å². The Hall–Kier alpha value is -0.710. The Morgan fingerprint density at radius 2 is 2.05 bits per heavy atom. The Morgan fingerprint density at radius 3 is 2.81 bits per heavy atom. The number of carbonyl (C=O) groups excluding carboxylic acids is 1. The Morgan fingerprint density at radius 1 is 1.29 bits per heavy atom. The molecule has 2 saturated heterocycles. The van der Waals surface area contributed by atoms with Crippen molar-refractivity contribution in [3.8, 4) is 0 Å². The second-order valence-electron chi connectivity index (χ2n) is 5.66. The molecular formula is C16H21ClN2OS. The average molecular weight is 325 g/mol. The maximum Gasteiger partial charge on any atom is 0.226 e. The first-order chi connectivity index (χ1) is 10.3. The van der Waals surface area contributed by atoms with Gasteiger partial charge >= 0.3 is 0 Å². The molecule has 0 saturated carbocycles. The van der Waals surface area contributed by atoms with Crippen LogP contribution >= 0.6 is 23.4 Å². The third-order valence-electron chi connectivity index (χ3n) is 4.36. The summed E-state index contributed by atoms with van der Waals surface area (Å²) in [5.41, 5.74) is 1.06. The van der Waals surface area contributed by atoms with Gasteiger partial charge in [-0.3, -0.25) is 4.79 Å². The molecule has 3 nitrogen and oxygen atoms in total. The molecule has 1 aromatic carbocycles. The fourth-order valence-corrected chi connectivity index (χ4v) is 4.54. The number of nitrogens with zero attached hydrogens (tertiary/aromatic N) is 1. The maximum absolute atomic E-state index is 12.9. The standard InChI is InChI=1S/C16H21ClN2OS/c17-14-4-2-1-3-13(14)15-11-18-7-8-19(15)16(20)12-5-9-21-10-6-12/h1-4,12,15,18H,5-11H2. The van der Waals surface area contributed by atoms with E-state index in [1.165, 1.54) is 0 Å². The van der Waals surface area contributed by atoms with Crippen LogP contribution in [-0.2, 0) is 4.79 Å². The van der Waals surface area contributed by atoms with Crippen molar-refractivity contribution in [2.75, 3.05) is 31.1 Å². The number of piperazine rings is 1. The van der Waals surface area contributed by atoms with Gasteiger partial charge in [-0.05, 0) is 36.0 Å². The summed E-state index contributed by atoms with van der Waals surface area (Å²) in [6, 6.07) is 7.94. The van der Waals surface area contributed by atoms with Crippen molar-refractivity contribution in [2.45, 2.75) is 18.9 Å². The van der Waals surface area contributed by atoms with Crippen molar-refractivity contribution in [1.82, 2.24) is 10.2 Å². The van der Waals surface area contributed by atoms with Gasteiger partial charge in [0.25, 0.3) is 0 Å². The van der Waals surface area contributed by atoms with Gasteiger partial charge in [0.15, 0.2) is 0 Å². The molecular weight excluding hydrogens is 304 g/mol. The average Bonchev–Trinajstić information content (AvgIpc) is 2.55. The Balaban J connectivity index is 1.81. The topological polar surface area (TPSA) is 32.3 Å². The highest BCUT2D eigenvalue weighted by atomic mass is 35.5. The van der Waals surface area contributed by atoms with Crippen LogP contribution in [0.15, 0.2) is 24.3 Å². The molecule has 5 heteroatoms. The normalized spacial score (nSPS) is 24.0. The van der Waals surface area contributed by atoms with E-state index in [2.05, 4.69) is 10.2 Å². The summed E-state index contributed by atoms with van der Waals surface area (Å²) in [5.74, 6) is 2.74. The van der Waals surface area contributed by atoms with Crippen LogP contribution in [0.2, 0.25) is 5.02 Å². The highest BCUT2D eigenvalue weighted by Crippen LogP contribution is 2.32. The van der Waals surface area contributed by atoms with E-state index in [1.54, 1.807) is 0 Å².